The Hall–Kier alpha value is -0.570. The van der Waals surface area contributed by atoms with E-state index >= 15 is 0 Å². The Kier molecular flexibility index (Phi) is 5.64. The van der Waals surface area contributed by atoms with E-state index in [-0.39, 0.29) is 5.54 Å². The second-order valence-electron chi connectivity index (χ2n) is 5.17. The molecule has 0 radical (unpaired) electrons. The summed E-state index contributed by atoms with van der Waals surface area (Å²) >= 11 is 5.96. The Labute approximate surface area is 116 Å². The van der Waals surface area contributed by atoms with Gasteiger partial charge in [-0.25, -0.2) is 0 Å². The van der Waals surface area contributed by atoms with Gasteiger partial charge in [0.2, 0.25) is 0 Å². The number of nitrogens with two attached hydrogens (primary N) is 1. The second-order valence-corrected chi connectivity index (χ2v) is 5.61. The van der Waals surface area contributed by atoms with Crippen molar-refractivity contribution >= 4 is 11.6 Å². The maximum absolute atomic E-state index is 6.72. The Balaban J connectivity index is 3.12. The van der Waals surface area contributed by atoms with Crippen LogP contribution in [0.25, 0.3) is 0 Å². The van der Waals surface area contributed by atoms with E-state index in [4.69, 9.17) is 17.3 Å². The van der Waals surface area contributed by atoms with Gasteiger partial charge in [0.15, 0.2) is 0 Å². The van der Waals surface area contributed by atoms with Crippen molar-refractivity contribution in [2.75, 3.05) is 14.1 Å². The summed E-state index contributed by atoms with van der Waals surface area (Å²) in [7, 11) is 4.21. The highest BCUT2D eigenvalue weighted by atomic mass is 35.5. The Morgan fingerprint density at radius 3 is 2.17 bits per heavy atom. The predicted molar refractivity (Wildman–Crippen MR) is 80.0 cm³/mol. The van der Waals surface area contributed by atoms with Crippen molar-refractivity contribution in [1.82, 2.24) is 4.90 Å². The number of nitrogens with zero attached hydrogens (tertiary/aromatic N) is 1. The molecule has 0 saturated carbocycles. The van der Waals surface area contributed by atoms with Crippen LogP contribution in [0.5, 0.6) is 0 Å². The van der Waals surface area contributed by atoms with Gasteiger partial charge in [-0.1, -0.05) is 44.0 Å². The van der Waals surface area contributed by atoms with E-state index in [9.17, 15) is 0 Å². The third-order valence-corrected chi connectivity index (χ3v) is 4.00. The number of rotatable bonds is 6. The minimum Gasteiger partial charge on any atom is -0.320 e. The summed E-state index contributed by atoms with van der Waals surface area (Å²) in [4.78, 5) is 2.24. The number of hydrogen-bond donors (Lipinski definition) is 1. The van der Waals surface area contributed by atoms with Crippen molar-refractivity contribution < 1.29 is 0 Å². The average molecular weight is 269 g/mol. The van der Waals surface area contributed by atoms with Gasteiger partial charge < -0.3 is 10.6 Å². The van der Waals surface area contributed by atoms with Gasteiger partial charge >= 0.3 is 0 Å². The third kappa shape index (κ3) is 3.25. The van der Waals surface area contributed by atoms with Crippen LogP contribution in [-0.2, 0) is 5.54 Å². The van der Waals surface area contributed by atoms with Crippen LogP contribution in [0, 0.1) is 0 Å². The minimum absolute atomic E-state index is 0.315. The molecule has 1 aromatic carbocycles. The summed E-state index contributed by atoms with van der Waals surface area (Å²) in [6.45, 7) is 4.36. The van der Waals surface area contributed by atoms with Crippen molar-refractivity contribution in [3.05, 3.63) is 34.9 Å². The molecule has 102 valence electrons. The van der Waals surface area contributed by atoms with Gasteiger partial charge in [-0.2, -0.15) is 0 Å². The van der Waals surface area contributed by atoms with Crippen molar-refractivity contribution in [3.8, 4) is 0 Å². The van der Waals surface area contributed by atoms with Crippen LogP contribution in [0.15, 0.2) is 24.3 Å². The molecule has 2 N–H and O–H groups in total. The molecule has 0 amide bonds. The Morgan fingerprint density at radius 2 is 1.78 bits per heavy atom. The molecule has 0 aliphatic heterocycles. The third-order valence-electron chi connectivity index (χ3n) is 3.75. The maximum atomic E-state index is 6.72. The van der Waals surface area contributed by atoms with E-state index in [0.717, 1.165) is 24.3 Å². The average Bonchev–Trinajstić information content (AvgIpc) is 2.35. The molecule has 0 aliphatic rings. The molecule has 0 heterocycles. The standard InChI is InChI=1S/C15H25ClN2/c1-5-7-14(18(3)4)15(17,6-2)12-8-10-13(16)11-9-12/h8-11,14H,5-7,17H2,1-4H3. The predicted octanol–water partition coefficient (Wildman–Crippen LogP) is 3.63. The molecule has 0 spiro atoms. The van der Waals surface area contributed by atoms with Gasteiger partial charge in [0.1, 0.15) is 0 Å². The number of likely N-dealkylation sites (N-methyl/N-ethyl adjacent to an activating group) is 1. The van der Waals surface area contributed by atoms with E-state index < -0.39 is 0 Å². The normalized spacial score (nSPS) is 16.6. The number of hydrogen-bond acceptors (Lipinski definition) is 2. The summed E-state index contributed by atoms with van der Waals surface area (Å²) in [5, 5.41) is 0.758. The van der Waals surface area contributed by atoms with Gasteiger partial charge in [-0.15, -0.1) is 0 Å². The fraction of sp³-hybridized carbons (Fsp3) is 0.600. The van der Waals surface area contributed by atoms with Crippen molar-refractivity contribution in [1.29, 1.82) is 0 Å². The molecule has 2 nitrogen and oxygen atoms in total. The molecule has 0 saturated heterocycles. The fourth-order valence-electron chi connectivity index (χ4n) is 2.64. The molecule has 0 bridgehead atoms. The first-order valence-electron chi connectivity index (χ1n) is 6.67. The zero-order valence-electron chi connectivity index (χ0n) is 11.9. The Bertz CT molecular complexity index is 361. The van der Waals surface area contributed by atoms with Crippen molar-refractivity contribution in [3.63, 3.8) is 0 Å². The zero-order chi connectivity index (χ0) is 13.8. The molecule has 0 aromatic heterocycles. The van der Waals surface area contributed by atoms with E-state index in [1.54, 1.807) is 0 Å². The van der Waals surface area contributed by atoms with E-state index in [2.05, 4.69) is 45.0 Å². The fourth-order valence-corrected chi connectivity index (χ4v) is 2.77. The van der Waals surface area contributed by atoms with Crippen LogP contribution in [0.4, 0.5) is 0 Å². The monoisotopic (exact) mass is 268 g/mol. The Morgan fingerprint density at radius 1 is 1.22 bits per heavy atom. The first-order valence-corrected chi connectivity index (χ1v) is 7.04. The molecule has 18 heavy (non-hydrogen) atoms. The summed E-state index contributed by atoms with van der Waals surface area (Å²) in [5.41, 5.74) is 7.57. The van der Waals surface area contributed by atoms with E-state index in [0.29, 0.717) is 6.04 Å². The van der Waals surface area contributed by atoms with E-state index in [1.165, 1.54) is 5.56 Å². The maximum Gasteiger partial charge on any atom is 0.0564 e. The summed E-state index contributed by atoms with van der Waals surface area (Å²) in [6.07, 6.45) is 3.15. The highest BCUT2D eigenvalue weighted by molar-refractivity contribution is 6.30. The summed E-state index contributed by atoms with van der Waals surface area (Å²) in [6, 6.07) is 8.30. The first kappa shape index (κ1) is 15.5. The molecular formula is C15H25ClN2. The molecule has 1 aromatic rings. The van der Waals surface area contributed by atoms with Gasteiger partial charge in [0.25, 0.3) is 0 Å². The topological polar surface area (TPSA) is 29.3 Å². The van der Waals surface area contributed by atoms with Crippen molar-refractivity contribution in [2.24, 2.45) is 5.73 Å². The van der Waals surface area contributed by atoms with Crippen LogP contribution in [0.2, 0.25) is 5.02 Å². The molecule has 0 aliphatic carbocycles. The first-order chi connectivity index (χ1) is 8.45. The summed E-state index contributed by atoms with van der Waals surface area (Å²) in [5.74, 6) is 0. The largest absolute Gasteiger partial charge is 0.320 e. The lowest BCUT2D eigenvalue weighted by Crippen LogP contribution is -2.53. The van der Waals surface area contributed by atoms with Gasteiger partial charge in [-0.05, 0) is 44.6 Å². The molecular weight excluding hydrogens is 244 g/mol. The van der Waals surface area contributed by atoms with Crippen LogP contribution >= 0.6 is 11.6 Å². The molecule has 3 heteroatoms. The SMILES string of the molecule is CCCC(N(C)C)C(N)(CC)c1ccc(Cl)cc1. The van der Waals surface area contributed by atoms with Crippen LogP contribution in [-0.4, -0.2) is 25.0 Å². The minimum atomic E-state index is -0.315. The molecule has 0 fully saturated rings. The lowest BCUT2D eigenvalue weighted by molar-refractivity contribution is 0.159. The number of benzene rings is 1. The van der Waals surface area contributed by atoms with Crippen LogP contribution < -0.4 is 5.73 Å². The van der Waals surface area contributed by atoms with Gasteiger partial charge in [0, 0.05) is 11.1 Å². The van der Waals surface area contributed by atoms with Crippen LogP contribution in [0.3, 0.4) is 0 Å². The lowest BCUT2D eigenvalue weighted by atomic mass is 9.79. The highest BCUT2D eigenvalue weighted by Crippen LogP contribution is 2.31. The molecule has 1 rings (SSSR count). The number of halogens is 1. The van der Waals surface area contributed by atoms with Gasteiger partial charge in [-0.3, -0.25) is 0 Å². The van der Waals surface area contributed by atoms with E-state index in [1.807, 2.05) is 12.1 Å². The second kappa shape index (κ2) is 6.55. The van der Waals surface area contributed by atoms with Crippen molar-refractivity contribution in [2.45, 2.75) is 44.7 Å². The molecule has 2 unspecified atom stereocenters. The quantitative estimate of drug-likeness (QED) is 0.854. The van der Waals surface area contributed by atoms with Crippen LogP contribution in [0.1, 0.15) is 38.7 Å². The lowest BCUT2D eigenvalue weighted by Gasteiger charge is -2.41. The summed E-state index contributed by atoms with van der Waals surface area (Å²) < 4.78 is 0. The smallest absolute Gasteiger partial charge is 0.0564 e. The van der Waals surface area contributed by atoms with Gasteiger partial charge in [0.05, 0.1) is 5.54 Å². The molecule has 2 atom stereocenters. The highest BCUT2D eigenvalue weighted by Gasteiger charge is 2.35. The zero-order valence-corrected chi connectivity index (χ0v) is 12.7.